The number of nitrogens with two attached hydrogens (primary N) is 1. The molecular weight excluding hydrogens is 298 g/mol. The molecule has 22 heavy (non-hydrogen) atoms. The quantitative estimate of drug-likeness (QED) is 0.496. The third kappa shape index (κ3) is 3.39. The van der Waals surface area contributed by atoms with Crippen LogP contribution in [0.2, 0.25) is 0 Å². The van der Waals surface area contributed by atoms with E-state index in [2.05, 4.69) is 10.1 Å². The largest absolute Gasteiger partial charge is 0.493 e. The van der Waals surface area contributed by atoms with E-state index in [-0.39, 0.29) is 6.04 Å². The fourth-order valence-corrected chi connectivity index (χ4v) is 3.38. The Morgan fingerprint density at radius 2 is 2.05 bits per heavy atom. The van der Waals surface area contributed by atoms with Gasteiger partial charge in [-0.1, -0.05) is 5.16 Å². The van der Waals surface area contributed by atoms with Crippen molar-refractivity contribution in [2.75, 3.05) is 6.61 Å². The van der Waals surface area contributed by atoms with Gasteiger partial charge >= 0.3 is 0 Å². The van der Waals surface area contributed by atoms with Crippen molar-refractivity contribution in [2.24, 2.45) is 10.9 Å². The number of ether oxygens (including phenoxy) is 1. The second kappa shape index (κ2) is 7.07. The molecule has 6 heteroatoms. The summed E-state index contributed by atoms with van der Waals surface area (Å²) in [6.07, 6.45) is 3.80. The molecule has 1 heterocycles. The van der Waals surface area contributed by atoms with Gasteiger partial charge in [-0.05, 0) is 51.7 Å². The lowest BCUT2D eigenvalue weighted by molar-refractivity contribution is 0.212. The predicted octanol–water partition coefficient (Wildman–Crippen LogP) is 3.18. The molecule has 1 atom stereocenters. The molecule has 120 valence electrons. The first-order valence-electron chi connectivity index (χ1n) is 7.36. The highest BCUT2D eigenvalue weighted by Gasteiger charge is 2.27. The molecule has 0 saturated heterocycles. The molecule has 0 saturated carbocycles. The molecule has 1 unspecified atom stereocenters. The highest BCUT2D eigenvalue weighted by atomic mass is 32.1. The Bertz CT molecular complexity index is 642. The number of thiazole rings is 1. The van der Waals surface area contributed by atoms with E-state index in [9.17, 15) is 0 Å². The summed E-state index contributed by atoms with van der Waals surface area (Å²) < 4.78 is 5.95. The van der Waals surface area contributed by atoms with Crippen LogP contribution in [0.1, 0.15) is 37.1 Å². The van der Waals surface area contributed by atoms with E-state index in [0.29, 0.717) is 12.3 Å². The van der Waals surface area contributed by atoms with Gasteiger partial charge in [0.05, 0.1) is 17.7 Å². The van der Waals surface area contributed by atoms with Gasteiger partial charge in [-0.25, -0.2) is 4.98 Å². The van der Waals surface area contributed by atoms with E-state index in [1.165, 1.54) is 4.88 Å². The normalized spacial score (nSPS) is 21.0. The number of rotatable bonds is 5. The third-order valence-electron chi connectivity index (χ3n) is 4.01. The van der Waals surface area contributed by atoms with Crippen molar-refractivity contribution < 1.29 is 9.94 Å². The molecule has 0 aromatic carbocycles. The Morgan fingerprint density at radius 1 is 1.32 bits per heavy atom. The van der Waals surface area contributed by atoms with Gasteiger partial charge in [0.15, 0.2) is 0 Å². The van der Waals surface area contributed by atoms with Crippen molar-refractivity contribution in [1.82, 2.24) is 4.98 Å². The van der Waals surface area contributed by atoms with Crippen LogP contribution in [-0.2, 0) is 11.2 Å². The van der Waals surface area contributed by atoms with Gasteiger partial charge in [-0.15, -0.1) is 11.3 Å². The molecular formula is C16H23N3O2S. The van der Waals surface area contributed by atoms with Gasteiger partial charge < -0.3 is 15.7 Å². The molecule has 0 radical (unpaired) electrons. The minimum atomic E-state index is -0.363. The molecule has 3 N–H and O–H groups in total. The van der Waals surface area contributed by atoms with Gasteiger partial charge in [0.2, 0.25) is 0 Å². The van der Waals surface area contributed by atoms with Crippen LogP contribution in [0.3, 0.4) is 0 Å². The van der Waals surface area contributed by atoms with E-state index < -0.39 is 0 Å². The van der Waals surface area contributed by atoms with Crippen LogP contribution in [0.15, 0.2) is 33.8 Å². The van der Waals surface area contributed by atoms with E-state index in [1.54, 1.807) is 11.3 Å². The van der Waals surface area contributed by atoms with E-state index >= 15 is 0 Å². The summed E-state index contributed by atoms with van der Waals surface area (Å²) >= 11 is 1.72. The van der Waals surface area contributed by atoms with Crippen LogP contribution in [0.5, 0.6) is 0 Å². The monoisotopic (exact) mass is 321 g/mol. The van der Waals surface area contributed by atoms with Crippen LogP contribution in [-0.4, -0.2) is 28.6 Å². The fourth-order valence-electron chi connectivity index (χ4n) is 2.54. The van der Waals surface area contributed by atoms with Crippen LogP contribution < -0.4 is 5.73 Å². The topological polar surface area (TPSA) is 80.7 Å². The van der Waals surface area contributed by atoms with Crippen LogP contribution >= 0.6 is 11.3 Å². The van der Waals surface area contributed by atoms with Gasteiger partial charge in [-0.2, -0.15) is 0 Å². The molecule has 5 nitrogen and oxygen atoms in total. The Labute approximate surface area is 135 Å². The maximum atomic E-state index is 9.17. The summed E-state index contributed by atoms with van der Waals surface area (Å²) in [5.74, 6) is 0.785. The fraction of sp³-hybridized carbons (Fsp3) is 0.500. The minimum absolute atomic E-state index is 0.363. The average Bonchev–Trinajstić information content (AvgIpc) is 2.90. The molecule has 2 rings (SSSR count). The summed E-state index contributed by atoms with van der Waals surface area (Å²) in [5, 5.41) is 13.6. The highest BCUT2D eigenvalue weighted by molar-refractivity contribution is 7.11. The summed E-state index contributed by atoms with van der Waals surface area (Å²) in [4.78, 5) is 5.53. The maximum absolute atomic E-state index is 9.17. The van der Waals surface area contributed by atoms with Gasteiger partial charge in [0, 0.05) is 16.6 Å². The summed E-state index contributed by atoms with van der Waals surface area (Å²) in [5.41, 5.74) is 9.37. The minimum Gasteiger partial charge on any atom is -0.493 e. The summed E-state index contributed by atoms with van der Waals surface area (Å²) in [7, 11) is 0. The standard InChI is InChI=1S/C16H23N3O2S/c1-9-10(2)16(11(3)15(19-20)14(9)17)21-7-5-6-13-8-18-12(4)22-13/h8,14,20H,5-7,17H2,1-4H3. The number of oxime groups is 1. The maximum Gasteiger partial charge on any atom is 0.127 e. The van der Waals surface area contributed by atoms with Crippen molar-refractivity contribution in [3.8, 4) is 0 Å². The molecule has 0 bridgehead atoms. The Hall–Kier alpha value is -1.66. The first kappa shape index (κ1) is 16.7. The molecule has 1 aliphatic rings. The number of aromatic nitrogens is 1. The van der Waals surface area contributed by atoms with Crippen molar-refractivity contribution in [3.05, 3.63) is 38.6 Å². The molecule has 0 spiro atoms. The smallest absolute Gasteiger partial charge is 0.127 e. The van der Waals surface area contributed by atoms with Gasteiger partial charge in [-0.3, -0.25) is 0 Å². The van der Waals surface area contributed by atoms with Crippen LogP contribution in [0.4, 0.5) is 0 Å². The van der Waals surface area contributed by atoms with Crippen molar-refractivity contribution in [2.45, 2.75) is 46.6 Å². The molecule has 1 aromatic rings. The zero-order valence-corrected chi connectivity index (χ0v) is 14.3. The molecule has 1 aliphatic carbocycles. The first-order valence-corrected chi connectivity index (χ1v) is 8.18. The number of hydrogen-bond donors (Lipinski definition) is 2. The zero-order valence-electron chi connectivity index (χ0n) is 13.5. The second-order valence-electron chi connectivity index (χ2n) is 5.52. The lowest BCUT2D eigenvalue weighted by Gasteiger charge is -2.26. The number of nitrogens with zero attached hydrogens (tertiary/aromatic N) is 2. The average molecular weight is 321 g/mol. The first-order chi connectivity index (χ1) is 10.5. The van der Waals surface area contributed by atoms with Crippen molar-refractivity contribution in [1.29, 1.82) is 0 Å². The van der Waals surface area contributed by atoms with Gasteiger partial charge in [0.1, 0.15) is 11.5 Å². The van der Waals surface area contributed by atoms with E-state index in [4.69, 9.17) is 15.7 Å². The lowest BCUT2D eigenvalue weighted by Crippen LogP contribution is -2.36. The Kier molecular flexibility index (Phi) is 5.37. The summed E-state index contributed by atoms with van der Waals surface area (Å²) in [6, 6.07) is -0.363. The Morgan fingerprint density at radius 3 is 2.64 bits per heavy atom. The van der Waals surface area contributed by atoms with Crippen LogP contribution in [0, 0.1) is 6.92 Å². The second-order valence-corrected chi connectivity index (χ2v) is 6.84. The molecule has 0 amide bonds. The van der Waals surface area contributed by atoms with Crippen molar-refractivity contribution in [3.63, 3.8) is 0 Å². The van der Waals surface area contributed by atoms with Crippen molar-refractivity contribution >= 4 is 17.0 Å². The van der Waals surface area contributed by atoms with E-state index in [1.807, 2.05) is 33.9 Å². The highest BCUT2D eigenvalue weighted by Crippen LogP contribution is 2.29. The zero-order chi connectivity index (χ0) is 16.3. The molecule has 1 aromatic heterocycles. The van der Waals surface area contributed by atoms with Crippen LogP contribution in [0.25, 0.3) is 0 Å². The number of allylic oxidation sites excluding steroid dienone is 1. The SMILES string of the molecule is CC1=C(OCCCc2cnc(C)s2)C(C)=C(C)C(N)C1=NO. The summed E-state index contributed by atoms with van der Waals surface area (Å²) in [6.45, 7) is 8.45. The Balaban J connectivity index is 2.00. The predicted molar refractivity (Wildman–Crippen MR) is 89.4 cm³/mol. The lowest BCUT2D eigenvalue weighted by atomic mass is 9.87. The molecule has 0 fully saturated rings. The van der Waals surface area contributed by atoms with Gasteiger partial charge in [0.25, 0.3) is 0 Å². The van der Waals surface area contributed by atoms with E-state index in [0.717, 1.165) is 40.3 Å². The number of hydrogen-bond acceptors (Lipinski definition) is 6. The molecule has 0 aliphatic heterocycles. The third-order valence-corrected chi connectivity index (χ3v) is 4.98. The number of aryl methyl sites for hydroxylation is 2.